The Hall–Kier alpha value is -4.59. The van der Waals surface area contributed by atoms with Crippen molar-refractivity contribution in [3.05, 3.63) is 106 Å². The largest absolute Gasteiger partial charge is 0.330 e. The molecule has 4 aromatic rings. The summed E-state index contributed by atoms with van der Waals surface area (Å²) in [6.07, 6.45) is 1.63. The van der Waals surface area contributed by atoms with Gasteiger partial charge in [-0.25, -0.2) is 9.59 Å². The molecule has 0 aliphatic carbocycles. The first-order chi connectivity index (χ1) is 15.9. The molecule has 0 fully saturated rings. The molecule has 8 nitrogen and oxygen atoms in total. The molecule has 4 N–H and O–H groups in total. The highest BCUT2D eigenvalue weighted by molar-refractivity contribution is 6.05. The molecule has 8 heteroatoms. The van der Waals surface area contributed by atoms with Gasteiger partial charge in [-0.3, -0.25) is 9.36 Å². The smallest absolute Gasteiger partial charge is 0.322 e. The summed E-state index contributed by atoms with van der Waals surface area (Å²) in [6, 6.07) is 20.8. The SMILES string of the molecule is Cc1ccc(NC(=O)Nc2ccccc2)cc1NC(=O)c1ccc(-n2c(C)c[nH]c2=O)cc1. The molecule has 3 amide bonds. The quantitative estimate of drug-likeness (QED) is 0.361. The summed E-state index contributed by atoms with van der Waals surface area (Å²) in [5.41, 5.74) is 4.30. The third-order valence-electron chi connectivity index (χ3n) is 5.12. The number of nitrogens with one attached hydrogen (secondary N) is 4. The predicted molar refractivity (Wildman–Crippen MR) is 129 cm³/mol. The van der Waals surface area contributed by atoms with Gasteiger partial charge in [-0.15, -0.1) is 0 Å². The fourth-order valence-electron chi connectivity index (χ4n) is 3.38. The molecular formula is C25H23N5O3. The van der Waals surface area contributed by atoms with Crippen LogP contribution in [0, 0.1) is 13.8 Å². The topological polar surface area (TPSA) is 108 Å². The standard InChI is InChI=1S/C25H23N5O3/c1-16-8-11-20(28-24(32)27-19-6-4-3-5-7-19)14-22(16)29-23(31)18-9-12-21(13-10-18)30-17(2)15-26-25(30)33/h3-15H,1-2H3,(H,26,33)(H,29,31)(H2,27,28,32). The zero-order valence-electron chi connectivity index (χ0n) is 18.2. The normalized spacial score (nSPS) is 10.5. The lowest BCUT2D eigenvalue weighted by molar-refractivity contribution is 0.102. The molecule has 0 saturated heterocycles. The molecule has 0 radical (unpaired) electrons. The van der Waals surface area contributed by atoms with E-state index in [4.69, 9.17) is 0 Å². The van der Waals surface area contributed by atoms with E-state index >= 15 is 0 Å². The summed E-state index contributed by atoms with van der Waals surface area (Å²) in [5.74, 6) is -0.298. The second-order valence-corrected chi connectivity index (χ2v) is 7.55. The van der Waals surface area contributed by atoms with Crippen LogP contribution in [0.15, 0.2) is 83.8 Å². The van der Waals surface area contributed by atoms with Crippen molar-refractivity contribution in [3.8, 4) is 5.69 Å². The fraction of sp³-hybridized carbons (Fsp3) is 0.0800. The Kier molecular flexibility index (Phi) is 6.08. The summed E-state index contributed by atoms with van der Waals surface area (Å²) in [6.45, 7) is 3.69. The zero-order valence-corrected chi connectivity index (χ0v) is 18.2. The van der Waals surface area contributed by atoms with Gasteiger partial charge in [0, 0.05) is 34.5 Å². The van der Waals surface area contributed by atoms with Crippen LogP contribution in [-0.4, -0.2) is 21.5 Å². The molecule has 33 heavy (non-hydrogen) atoms. The number of para-hydroxylation sites is 1. The van der Waals surface area contributed by atoms with E-state index in [0.29, 0.717) is 28.3 Å². The van der Waals surface area contributed by atoms with Crippen LogP contribution in [0.5, 0.6) is 0 Å². The molecule has 1 aromatic heterocycles. The number of H-pyrrole nitrogens is 1. The van der Waals surface area contributed by atoms with Crippen LogP contribution in [-0.2, 0) is 0 Å². The van der Waals surface area contributed by atoms with E-state index in [1.54, 1.807) is 54.7 Å². The van der Waals surface area contributed by atoms with E-state index in [2.05, 4.69) is 20.9 Å². The minimum atomic E-state index is -0.381. The third-order valence-corrected chi connectivity index (χ3v) is 5.12. The molecular weight excluding hydrogens is 418 g/mol. The molecule has 0 aliphatic heterocycles. The van der Waals surface area contributed by atoms with Crippen LogP contribution in [0.4, 0.5) is 21.9 Å². The number of aryl methyl sites for hydroxylation is 2. The van der Waals surface area contributed by atoms with Gasteiger partial charge in [0.1, 0.15) is 0 Å². The Morgan fingerprint density at radius 2 is 1.52 bits per heavy atom. The van der Waals surface area contributed by atoms with Crippen LogP contribution in [0.3, 0.4) is 0 Å². The number of amides is 3. The zero-order chi connectivity index (χ0) is 23.4. The van der Waals surface area contributed by atoms with Gasteiger partial charge in [0.15, 0.2) is 0 Å². The van der Waals surface area contributed by atoms with Crippen molar-refractivity contribution in [2.45, 2.75) is 13.8 Å². The minimum absolute atomic E-state index is 0.235. The average molecular weight is 441 g/mol. The fourth-order valence-corrected chi connectivity index (χ4v) is 3.38. The number of rotatable bonds is 5. The van der Waals surface area contributed by atoms with Gasteiger partial charge in [-0.05, 0) is 67.9 Å². The van der Waals surface area contributed by atoms with E-state index in [9.17, 15) is 14.4 Å². The summed E-state index contributed by atoms with van der Waals surface area (Å²) in [7, 11) is 0. The number of hydrogen-bond acceptors (Lipinski definition) is 3. The second kappa shape index (κ2) is 9.27. The lowest BCUT2D eigenvalue weighted by Gasteiger charge is -2.13. The summed E-state index contributed by atoms with van der Waals surface area (Å²) in [5, 5.41) is 8.40. The number of carbonyl (C=O) groups excluding carboxylic acids is 2. The number of nitrogens with zero attached hydrogens (tertiary/aromatic N) is 1. The Bertz CT molecular complexity index is 1360. The van der Waals surface area contributed by atoms with Crippen LogP contribution in [0.1, 0.15) is 21.6 Å². The number of aromatic nitrogens is 2. The maximum Gasteiger partial charge on any atom is 0.330 e. The van der Waals surface area contributed by atoms with E-state index in [1.807, 2.05) is 38.1 Å². The van der Waals surface area contributed by atoms with Crippen LogP contribution in [0.25, 0.3) is 5.69 Å². The molecule has 0 spiro atoms. The Morgan fingerprint density at radius 3 is 2.18 bits per heavy atom. The van der Waals surface area contributed by atoms with Crippen molar-refractivity contribution in [1.29, 1.82) is 0 Å². The number of imidazole rings is 1. The highest BCUT2D eigenvalue weighted by Gasteiger charge is 2.11. The van der Waals surface area contributed by atoms with Crippen molar-refractivity contribution in [2.24, 2.45) is 0 Å². The number of carbonyl (C=O) groups is 2. The first-order valence-electron chi connectivity index (χ1n) is 10.3. The maximum absolute atomic E-state index is 12.8. The van der Waals surface area contributed by atoms with E-state index in [0.717, 1.165) is 11.3 Å². The van der Waals surface area contributed by atoms with Crippen LogP contribution in [0.2, 0.25) is 0 Å². The highest BCUT2D eigenvalue weighted by atomic mass is 16.2. The number of aromatic amines is 1. The Labute approximate surface area is 190 Å². The highest BCUT2D eigenvalue weighted by Crippen LogP contribution is 2.22. The first kappa shape index (κ1) is 21.6. The van der Waals surface area contributed by atoms with Gasteiger partial charge in [-0.2, -0.15) is 0 Å². The van der Waals surface area contributed by atoms with E-state index in [1.165, 1.54) is 4.57 Å². The number of urea groups is 1. The molecule has 166 valence electrons. The molecule has 0 bridgehead atoms. The number of hydrogen-bond donors (Lipinski definition) is 4. The van der Waals surface area contributed by atoms with Crippen LogP contribution >= 0.6 is 0 Å². The lowest BCUT2D eigenvalue weighted by atomic mass is 10.1. The second-order valence-electron chi connectivity index (χ2n) is 7.55. The van der Waals surface area contributed by atoms with Gasteiger partial charge in [0.25, 0.3) is 5.91 Å². The van der Waals surface area contributed by atoms with Crippen LogP contribution < -0.4 is 21.6 Å². The van der Waals surface area contributed by atoms with E-state index < -0.39 is 0 Å². The van der Waals surface area contributed by atoms with Gasteiger partial charge in [0.05, 0.1) is 5.69 Å². The van der Waals surface area contributed by atoms with Gasteiger partial charge in [0.2, 0.25) is 0 Å². The average Bonchev–Trinajstić information content (AvgIpc) is 3.14. The van der Waals surface area contributed by atoms with E-state index in [-0.39, 0.29) is 17.6 Å². The Balaban J connectivity index is 1.45. The lowest BCUT2D eigenvalue weighted by Crippen LogP contribution is -2.20. The molecule has 0 atom stereocenters. The molecule has 4 rings (SSSR count). The van der Waals surface area contributed by atoms with Gasteiger partial charge < -0.3 is 20.9 Å². The van der Waals surface area contributed by atoms with Crippen molar-refractivity contribution in [1.82, 2.24) is 9.55 Å². The summed E-state index contributed by atoms with van der Waals surface area (Å²) >= 11 is 0. The molecule has 0 saturated carbocycles. The third kappa shape index (κ3) is 5.01. The van der Waals surface area contributed by atoms with Crippen molar-refractivity contribution < 1.29 is 9.59 Å². The number of benzene rings is 3. The molecule has 0 aliphatic rings. The molecule has 1 heterocycles. The van der Waals surface area contributed by atoms with Gasteiger partial charge in [-0.1, -0.05) is 24.3 Å². The minimum Gasteiger partial charge on any atom is -0.322 e. The molecule has 0 unspecified atom stereocenters. The van der Waals surface area contributed by atoms with Crippen molar-refractivity contribution in [2.75, 3.05) is 16.0 Å². The first-order valence-corrected chi connectivity index (χ1v) is 10.3. The molecule has 3 aromatic carbocycles. The van der Waals surface area contributed by atoms with Crippen molar-refractivity contribution >= 4 is 29.0 Å². The monoisotopic (exact) mass is 441 g/mol. The predicted octanol–water partition coefficient (Wildman–Crippen LogP) is 4.68. The summed E-state index contributed by atoms with van der Waals surface area (Å²) in [4.78, 5) is 39.6. The Morgan fingerprint density at radius 1 is 0.818 bits per heavy atom. The summed E-state index contributed by atoms with van der Waals surface area (Å²) < 4.78 is 1.53. The number of anilines is 3. The maximum atomic E-state index is 12.8. The van der Waals surface area contributed by atoms with Crippen molar-refractivity contribution in [3.63, 3.8) is 0 Å². The van der Waals surface area contributed by atoms with Gasteiger partial charge >= 0.3 is 11.7 Å².